The molecule has 6 heavy (non-hydrogen) atoms. The van der Waals surface area contributed by atoms with E-state index in [0.29, 0.717) is 0 Å². The van der Waals surface area contributed by atoms with Gasteiger partial charge in [0.25, 0.3) is 0 Å². The van der Waals surface area contributed by atoms with Crippen LogP contribution in [-0.4, -0.2) is 23.9 Å². The van der Waals surface area contributed by atoms with E-state index in [-0.39, 0.29) is 23.9 Å². The third-order valence-electron chi connectivity index (χ3n) is 0.192. The van der Waals surface area contributed by atoms with Crippen LogP contribution in [-0.2, 0) is 4.74 Å². The molecule has 0 rings (SSSR count). The topological polar surface area (TPSA) is 9.23 Å². The van der Waals surface area contributed by atoms with Crippen LogP contribution < -0.4 is 0 Å². The summed E-state index contributed by atoms with van der Waals surface area (Å²) in [7, 11) is 0. The van der Waals surface area contributed by atoms with Crippen LogP contribution in [0.1, 0.15) is 0 Å². The Morgan fingerprint density at radius 3 is 1.50 bits per heavy atom. The van der Waals surface area contributed by atoms with Gasteiger partial charge in [0.15, 0.2) is 0 Å². The first kappa shape index (κ1) is 9.42. The molecule has 0 aliphatic heterocycles. The summed E-state index contributed by atoms with van der Waals surface area (Å²) < 4.78 is 4.36. The van der Waals surface area contributed by atoms with Crippen molar-refractivity contribution in [2.24, 2.45) is 0 Å². The third-order valence-corrected chi connectivity index (χ3v) is 0.192. The van der Waals surface area contributed by atoms with E-state index in [2.05, 4.69) is 17.9 Å². The Morgan fingerprint density at radius 2 is 1.50 bits per heavy atom. The molecule has 0 N–H and O–H groups in total. The standard InChI is InChI=1S/C4H6O.Sn.2H/c1-3-5-4-2;;;/h3-4H,1-2H2;;;. The second kappa shape index (κ2) is 8.91. The fourth-order valence-corrected chi connectivity index (χ4v) is 0.0680. The summed E-state index contributed by atoms with van der Waals surface area (Å²) in [5.41, 5.74) is 0. The molecule has 0 aromatic rings. The molecule has 0 saturated heterocycles. The zero-order valence-corrected chi connectivity index (χ0v) is 7.72. The van der Waals surface area contributed by atoms with Crippen molar-refractivity contribution in [3.63, 3.8) is 0 Å². The molecule has 0 saturated carbocycles. The van der Waals surface area contributed by atoms with Crippen LogP contribution in [0.5, 0.6) is 0 Å². The van der Waals surface area contributed by atoms with E-state index < -0.39 is 0 Å². The fourth-order valence-electron chi connectivity index (χ4n) is 0.0680. The second-order valence-electron chi connectivity index (χ2n) is 0.469. The van der Waals surface area contributed by atoms with E-state index in [9.17, 15) is 0 Å². The van der Waals surface area contributed by atoms with Crippen molar-refractivity contribution < 1.29 is 4.74 Å². The predicted molar refractivity (Wildman–Crippen MR) is 30.0 cm³/mol. The normalized spacial score (nSPS) is 4.67. The summed E-state index contributed by atoms with van der Waals surface area (Å²) in [5.74, 6) is 0. The Kier molecular flexibility index (Phi) is 14.0. The second-order valence-corrected chi connectivity index (χ2v) is 0.469. The van der Waals surface area contributed by atoms with Crippen molar-refractivity contribution in [2.75, 3.05) is 0 Å². The zero-order valence-electron chi connectivity index (χ0n) is 3.68. The summed E-state index contributed by atoms with van der Waals surface area (Å²) >= 11 is 0. The van der Waals surface area contributed by atoms with Crippen LogP contribution >= 0.6 is 0 Å². The van der Waals surface area contributed by atoms with Crippen LogP contribution in [0.2, 0.25) is 0 Å². The first-order chi connectivity index (χ1) is 2.41. The summed E-state index contributed by atoms with van der Waals surface area (Å²) in [5, 5.41) is 0. The Balaban J connectivity index is 0. The average molecular weight is 191 g/mol. The molecule has 0 atom stereocenters. The monoisotopic (exact) mass is 192 g/mol. The van der Waals surface area contributed by atoms with Crippen LogP contribution in [0, 0.1) is 0 Å². The van der Waals surface area contributed by atoms with Gasteiger partial charge in [-0.05, 0) is 0 Å². The predicted octanol–water partition coefficient (Wildman–Crippen LogP) is 0.374. The fraction of sp³-hybridized carbons (Fsp3) is 0. The molecule has 0 aromatic heterocycles. The third kappa shape index (κ3) is 8.95. The van der Waals surface area contributed by atoms with Gasteiger partial charge in [0.1, 0.15) is 0 Å². The van der Waals surface area contributed by atoms with E-state index >= 15 is 0 Å². The van der Waals surface area contributed by atoms with Crippen molar-refractivity contribution in [1.82, 2.24) is 0 Å². The summed E-state index contributed by atoms with van der Waals surface area (Å²) in [6, 6.07) is 0. The molecule has 0 unspecified atom stereocenters. The number of hydrogen-bond acceptors (Lipinski definition) is 1. The summed E-state index contributed by atoms with van der Waals surface area (Å²) in [4.78, 5) is 0. The Labute approximate surface area is 54.6 Å². The number of hydrogen-bond donors (Lipinski definition) is 0. The zero-order chi connectivity index (χ0) is 4.12. The van der Waals surface area contributed by atoms with Crippen molar-refractivity contribution in [3.05, 3.63) is 25.7 Å². The minimum atomic E-state index is 0. The van der Waals surface area contributed by atoms with Gasteiger partial charge in [0.2, 0.25) is 0 Å². The molecular formula is C4H8OSn. The van der Waals surface area contributed by atoms with Gasteiger partial charge in [-0.1, -0.05) is 13.2 Å². The molecule has 1 nitrogen and oxygen atoms in total. The van der Waals surface area contributed by atoms with Gasteiger partial charge in [-0.25, -0.2) is 0 Å². The summed E-state index contributed by atoms with van der Waals surface area (Å²) in [6.45, 7) is 6.51. The SMILES string of the molecule is C=COC=C.[SnH2]. The Hall–Kier alpha value is 0.0787. The molecule has 0 aromatic carbocycles. The van der Waals surface area contributed by atoms with E-state index in [1.165, 1.54) is 12.5 Å². The molecule has 0 spiro atoms. The van der Waals surface area contributed by atoms with Gasteiger partial charge in [0.05, 0.1) is 12.5 Å². The first-order valence-electron chi connectivity index (χ1n) is 1.29. The Bertz CT molecular complexity index is 36.8. The molecule has 2 radical (unpaired) electrons. The van der Waals surface area contributed by atoms with Crippen LogP contribution in [0.25, 0.3) is 0 Å². The molecule has 0 bridgehead atoms. The van der Waals surface area contributed by atoms with E-state index in [0.717, 1.165) is 0 Å². The van der Waals surface area contributed by atoms with Gasteiger partial charge in [-0.2, -0.15) is 0 Å². The van der Waals surface area contributed by atoms with E-state index in [1.54, 1.807) is 0 Å². The number of rotatable bonds is 2. The molecule has 34 valence electrons. The van der Waals surface area contributed by atoms with Gasteiger partial charge >= 0.3 is 23.9 Å². The number of ether oxygens (including phenoxy) is 1. The molecule has 0 fully saturated rings. The van der Waals surface area contributed by atoms with Crippen LogP contribution in [0.15, 0.2) is 25.7 Å². The van der Waals surface area contributed by atoms with Crippen molar-refractivity contribution in [2.45, 2.75) is 0 Å². The van der Waals surface area contributed by atoms with E-state index in [4.69, 9.17) is 0 Å². The molecule has 0 amide bonds. The maximum atomic E-state index is 4.36. The van der Waals surface area contributed by atoms with Crippen molar-refractivity contribution >= 4 is 23.9 Å². The first-order valence-corrected chi connectivity index (χ1v) is 1.29. The van der Waals surface area contributed by atoms with Crippen LogP contribution in [0.4, 0.5) is 0 Å². The average Bonchev–Trinajstić information content (AvgIpc) is 1.41. The quantitative estimate of drug-likeness (QED) is 0.452. The molecule has 0 heterocycles. The summed E-state index contributed by atoms with van der Waals surface area (Å²) in [6.07, 6.45) is 2.62. The van der Waals surface area contributed by atoms with Crippen molar-refractivity contribution in [3.8, 4) is 0 Å². The van der Waals surface area contributed by atoms with Crippen molar-refractivity contribution in [1.29, 1.82) is 0 Å². The molecule has 0 aliphatic carbocycles. The molecule has 0 aliphatic rings. The Morgan fingerprint density at radius 1 is 1.17 bits per heavy atom. The van der Waals surface area contributed by atoms with Gasteiger partial charge in [-0.15, -0.1) is 0 Å². The van der Waals surface area contributed by atoms with Crippen LogP contribution in [0.3, 0.4) is 0 Å². The molecular weight excluding hydrogens is 183 g/mol. The molecule has 2 heteroatoms. The van der Waals surface area contributed by atoms with E-state index in [1.807, 2.05) is 0 Å². The van der Waals surface area contributed by atoms with Gasteiger partial charge in [-0.3, -0.25) is 0 Å². The van der Waals surface area contributed by atoms with Gasteiger partial charge < -0.3 is 4.74 Å². The minimum absolute atomic E-state index is 0. The maximum absolute atomic E-state index is 4.36. The van der Waals surface area contributed by atoms with Gasteiger partial charge in [0, 0.05) is 0 Å².